The van der Waals surface area contributed by atoms with Crippen molar-refractivity contribution in [2.45, 2.75) is 65.5 Å². The van der Waals surface area contributed by atoms with Crippen molar-refractivity contribution in [2.75, 3.05) is 19.6 Å². The van der Waals surface area contributed by atoms with Gasteiger partial charge in [-0.1, -0.05) is 6.42 Å². The van der Waals surface area contributed by atoms with Gasteiger partial charge in [-0.3, -0.25) is 9.59 Å². The SMILES string of the molecule is CCn1c(C)cc(C(=O)N2C[C@H]3CC[C@@H]2CN(C(=O)C2CCC2)C3)c1C. The second kappa shape index (κ2) is 6.75. The Morgan fingerprint density at radius 2 is 1.85 bits per heavy atom. The topological polar surface area (TPSA) is 45.6 Å². The van der Waals surface area contributed by atoms with Crippen molar-refractivity contribution in [1.29, 1.82) is 0 Å². The molecule has 0 radical (unpaired) electrons. The number of hydrogen-bond acceptors (Lipinski definition) is 2. The monoisotopic (exact) mass is 357 g/mol. The summed E-state index contributed by atoms with van der Waals surface area (Å²) in [6, 6.07) is 2.21. The molecule has 5 nitrogen and oxygen atoms in total. The Bertz CT molecular complexity index is 719. The Balaban J connectivity index is 1.55. The van der Waals surface area contributed by atoms with Crippen LogP contribution in [-0.4, -0.2) is 51.9 Å². The number of carbonyl (C=O) groups is 2. The lowest BCUT2D eigenvalue weighted by atomic mass is 9.84. The Morgan fingerprint density at radius 3 is 2.46 bits per heavy atom. The lowest BCUT2D eigenvalue weighted by Crippen LogP contribution is -2.48. The summed E-state index contributed by atoms with van der Waals surface area (Å²) in [5, 5.41) is 0. The van der Waals surface area contributed by atoms with Crippen molar-refractivity contribution >= 4 is 11.8 Å². The van der Waals surface area contributed by atoms with Crippen LogP contribution in [0.15, 0.2) is 6.07 Å². The maximum absolute atomic E-state index is 13.3. The van der Waals surface area contributed by atoms with E-state index in [1.165, 1.54) is 6.42 Å². The highest BCUT2D eigenvalue weighted by Crippen LogP contribution is 2.34. The van der Waals surface area contributed by atoms with E-state index in [0.717, 1.165) is 68.8 Å². The number of piperidine rings is 1. The highest BCUT2D eigenvalue weighted by Gasteiger charge is 2.41. The van der Waals surface area contributed by atoms with Crippen LogP contribution in [0.3, 0.4) is 0 Å². The summed E-state index contributed by atoms with van der Waals surface area (Å²) in [6.07, 6.45) is 5.45. The Labute approximate surface area is 156 Å². The summed E-state index contributed by atoms with van der Waals surface area (Å²) in [7, 11) is 0. The van der Waals surface area contributed by atoms with E-state index >= 15 is 0 Å². The van der Waals surface area contributed by atoms with E-state index in [9.17, 15) is 9.59 Å². The molecule has 1 aromatic heterocycles. The van der Waals surface area contributed by atoms with Crippen LogP contribution in [0.1, 0.15) is 60.8 Å². The van der Waals surface area contributed by atoms with Crippen molar-refractivity contribution in [3.05, 3.63) is 23.0 Å². The van der Waals surface area contributed by atoms with Gasteiger partial charge in [-0.15, -0.1) is 0 Å². The zero-order chi connectivity index (χ0) is 18.4. The van der Waals surface area contributed by atoms with Crippen LogP contribution in [0, 0.1) is 25.7 Å². The zero-order valence-corrected chi connectivity index (χ0v) is 16.3. The van der Waals surface area contributed by atoms with E-state index in [0.29, 0.717) is 11.8 Å². The third kappa shape index (κ3) is 2.85. The van der Waals surface area contributed by atoms with Gasteiger partial charge < -0.3 is 14.4 Å². The Kier molecular flexibility index (Phi) is 4.57. The molecule has 0 aromatic carbocycles. The molecule has 4 aliphatic rings. The van der Waals surface area contributed by atoms with Gasteiger partial charge >= 0.3 is 0 Å². The lowest BCUT2D eigenvalue weighted by molar-refractivity contribution is -0.138. The van der Waals surface area contributed by atoms with Crippen LogP contribution >= 0.6 is 0 Å². The first-order valence-corrected chi connectivity index (χ1v) is 10.3. The van der Waals surface area contributed by atoms with Gasteiger partial charge in [-0.05, 0) is 58.4 Å². The number of fused-ring (bicyclic) bond motifs is 4. The average Bonchev–Trinajstić information content (AvgIpc) is 2.75. The number of aromatic nitrogens is 1. The molecule has 4 fully saturated rings. The minimum Gasteiger partial charge on any atom is -0.349 e. The minimum atomic E-state index is 0.158. The lowest BCUT2D eigenvalue weighted by Gasteiger charge is -2.36. The molecule has 1 aromatic rings. The molecule has 142 valence electrons. The summed E-state index contributed by atoms with van der Waals surface area (Å²) in [4.78, 5) is 30.2. The molecule has 2 atom stereocenters. The Hall–Kier alpha value is -1.78. The fourth-order valence-corrected chi connectivity index (χ4v) is 5.08. The third-order valence-corrected chi connectivity index (χ3v) is 6.86. The maximum Gasteiger partial charge on any atom is 0.256 e. The molecule has 0 unspecified atom stereocenters. The van der Waals surface area contributed by atoms with Gasteiger partial charge in [0.25, 0.3) is 5.91 Å². The predicted molar refractivity (Wildman–Crippen MR) is 101 cm³/mol. The van der Waals surface area contributed by atoms with Crippen molar-refractivity contribution in [3.8, 4) is 0 Å². The molecular formula is C21H31N3O2. The van der Waals surface area contributed by atoms with Crippen LogP contribution in [0.2, 0.25) is 0 Å². The van der Waals surface area contributed by atoms with Gasteiger partial charge in [-0.25, -0.2) is 0 Å². The molecule has 1 aliphatic carbocycles. The van der Waals surface area contributed by atoms with Gasteiger partial charge in [0.1, 0.15) is 0 Å². The molecule has 4 heterocycles. The van der Waals surface area contributed by atoms with Crippen molar-refractivity contribution < 1.29 is 9.59 Å². The molecule has 3 saturated heterocycles. The van der Waals surface area contributed by atoms with Gasteiger partial charge in [0.15, 0.2) is 0 Å². The number of rotatable bonds is 3. The molecule has 2 bridgehead atoms. The third-order valence-electron chi connectivity index (χ3n) is 6.86. The normalized spacial score (nSPS) is 26.0. The summed E-state index contributed by atoms with van der Waals surface area (Å²) in [5.74, 6) is 1.17. The number of hydrogen-bond donors (Lipinski definition) is 0. The smallest absolute Gasteiger partial charge is 0.256 e. The molecule has 1 saturated carbocycles. The first-order chi connectivity index (χ1) is 12.5. The van der Waals surface area contributed by atoms with Gasteiger partial charge in [0.2, 0.25) is 5.91 Å². The number of amides is 2. The molecular weight excluding hydrogens is 326 g/mol. The van der Waals surface area contributed by atoms with E-state index in [1.807, 2.05) is 13.0 Å². The molecule has 2 amide bonds. The number of nitrogens with zero attached hydrogens (tertiary/aromatic N) is 3. The fourth-order valence-electron chi connectivity index (χ4n) is 5.08. The largest absolute Gasteiger partial charge is 0.349 e. The fraction of sp³-hybridized carbons (Fsp3) is 0.714. The number of carbonyl (C=O) groups excluding carboxylic acids is 2. The molecule has 0 spiro atoms. The molecule has 26 heavy (non-hydrogen) atoms. The van der Waals surface area contributed by atoms with E-state index in [2.05, 4.69) is 28.2 Å². The van der Waals surface area contributed by atoms with Crippen LogP contribution < -0.4 is 0 Å². The molecule has 0 N–H and O–H groups in total. The second-order valence-electron chi connectivity index (χ2n) is 8.45. The highest BCUT2D eigenvalue weighted by molar-refractivity contribution is 5.96. The Morgan fingerprint density at radius 1 is 1.08 bits per heavy atom. The summed E-state index contributed by atoms with van der Waals surface area (Å²) in [5.41, 5.74) is 3.06. The van der Waals surface area contributed by atoms with E-state index in [1.54, 1.807) is 0 Å². The number of aryl methyl sites for hydroxylation is 1. The van der Waals surface area contributed by atoms with Crippen LogP contribution in [0.25, 0.3) is 0 Å². The summed E-state index contributed by atoms with van der Waals surface area (Å²) < 4.78 is 2.20. The van der Waals surface area contributed by atoms with Crippen molar-refractivity contribution in [3.63, 3.8) is 0 Å². The van der Waals surface area contributed by atoms with Crippen LogP contribution in [-0.2, 0) is 11.3 Å². The highest BCUT2D eigenvalue weighted by atomic mass is 16.2. The average molecular weight is 357 g/mol. The van der Waals surface area contributed by atoms with Gasteiger partial charge in [0.05, 0.1) is 5.56 Å². The summed E-state index contributed by atoms with van der Waals surface area (Å²) >= 11 is 0. The van der Waals surface area contributed by atoms with E-state index in [4.69, 9.17) is 0 Å². The van der Waals surface area contributed by atoms with E-state index in [-0.39, 0.29) is 17.9 Å². The van der Waals surface area contributed by atoms with Crippen LogP contribution in [0.5, 0.6) is 0 Å². The van der Waals surface area contributed by atoms with Crippen molar-refractivity contribution in [1.82, 2.24) is 14.4 Å². The predicted octanol–water partition coefficient (Wildman–Crippen LogP) is 2.99. The first kappa shape index (κ1) is 17.6. The molecule has 3 aliphatic heterocycles. The maximum atomic E-state index is 13.3. The van der Waals surface area contributed by atoms with E-state index < -0.39 is 0 Å². The second-order valence-corrected chi connectivity index (χ2v) is 8.45. The standard InChI is InChI=1S/C21H31N3O2/c1-4-23-14(2)10-19(15(23)3)21(26)24-12-16-8-9-18(24)13-22(11-16)20(25)17-6-5-7-17/h10,16-18H,4-9,11-13H2,1-3H3/t16-,18+/m0/s1. The van der Waals surface area contributed by atoms with Crippen LogP contribution in [0.4, 0.5) is 0 Å². The first-order valence-electron chi connectivity index (χ1n) is 10.3. The van der Waals surface area contributed by atoms with Gasteiger partial charge in [0, 0.05) is 49.5 Å². The molecule has 5 heteroatoms. The zero-order valence-electron chi connectivity index (χ0n) is 16.3. The molecule has 5 rings (SSSR count). The van der Waals surface area contributed by atoms with Gasteiger partial charge in [-0.2, -0.15) is 0 Å². The summed E-state index contributed by atoms with van der Waals surface area (Å²) in [6.45, 7) is 9.49. The van der Waals surface area contributed by atoms with Crippen molar-refractivity contribution in [2.24, 2.45) is 11.8 Å². The minimum absolute atomic E-state index is 0.158. The quantitative estimate of drug-likeness (QED) is 0.835.